The normalized spacial score (nSPS) is 12.9. The van der Waals surface area contributed by atoms with Gasteiger partial charge in [-0.05, 0) is 51.1 Å². The molecule has 0 radical (unpaired) electrons. The van der Waals surface area contributed by atoms with E-state index in [1.54, 1.807) is 19.2 Å². The number of rotatable bonds is 13. The van der Waals surface area contributed by atoms with Gasteiger partial charge in [0, 0.05) is 18.8 Å². The largest absolute Gasteiger partial charge is 0.497 e. The molecule has 5 aromatic rings. The van der Waals surface area contributed by atoms with E-state index in [4.69, 9.17) is 14.2 Å². The van der Waals surface area contributed by atoms with Gasteiger partial charge >= 0.3 is 12.1 Å². The molecule has 2 amide bonds. The molecule has 0 unspecified atom stereocenters. The first-order chi connectivity index (χ1) is 24.0. The lowest BCUT2D eigenvalue weighted by Gasteiger charge is -2.23. The first-order valence-electron chi connectivity index (χ1n) is 16.3. The van der Waals surface area contributed by atoms with Gasteiger partial charge in [0.25, 0.3) is 0 Å². The molecule has 248 valence electrons. The van der Waals surface area contributed by atoms with Crippen LogP contribution in [0.1, 0.15) is 33.7 Å². The van der Waals surface area contributed by atoms with Gasteiger partial charge in [-0.1, -0.05) is 121 Å². The highest BCUT2D eigenvalue weighted by Crippen LogP contribution is 2.44. The van der Waals surface area contributed by atoms with Gasteiger partial charge in [-0.15, -0.1) is 0 Å². The second kappa shape index (κ2) is 15.8. The number of esters is 1. The van der Waals surface area contributed by atoms with E-state index in [9.17, 15) is 14.4 Å². The monoisotopic (exact) mass is 654 g/mol. The number of hydrogen-bond donors (Lipinski definition) is 2. The van der Waals surface area contributed by atoms with Crippen molar-refractivity contribution in [3.63, 3.8) is 0 Å². The number of carbonyl (C=O) groups excluding carboxylic acids is 3. The zero-order valence-corrected chi connectivity index (χ0v) is 27.2. The Bertz CT molecular complexity index is 1830. The number of amides is 2. The van der Waals surface area contributed by atoms with Gasteiger partial charge < -0.3 is 24.8 Å². The summed E-state index contributed by atoms with van der Waals surface area (Å²) in [5, 5.41) is 5.64. The molecular weight excluding hydrogens is 616 g/mol. The van der Waals surface area contributed by atoms with E-state index in [0.29, 0.717) is 5.75 Å². The van der Waals surface area contributed by atoms with E-state index in [2.05, 4.69) is 22.8 Å². The highest BCUT2D eigenvalue weighted by molar-refractivity contribution is 5.90. The summed E-state index contributed by atoms with van der Waals surface area (Å²) in [4.78, 5) is 40.7. The van der Waals surface area contributed by atoms with Crippen molar-refractivity contribution in [2.45, 2.75) is 37.5 Å². The average molecular weight is 655 g/mol. The Kier molecular flexibility index (Phi) is 10.7. The van der Waals surface area contributed by atoms with Crippen LogP contribution < -0.4 is 15.4 Å². The van der Waals surface area contributed by atoms with Crippen molar-refractivity contribution in [1.82, 2.24) is 10.6 Å². The van der Waals surface area contributed by atoms with E-state index in [0.717, 1.165) is 38.9 Å². The van der Waals surface area contributed by atoms with Crippen molar-refractivity contribution >= 4 is 18.0 Å². The van der Waals surface area contributed by atoms with Crippen LogP contribution in [0, 0.1) is 0 Å². The quantitative estimate of drug-likeness (QED) is 0.139. The standard InChI is InChI=1S/C41H38N2O6/c1-47-31-22-20-30(21-23-31)26-48-40(45)38(25-29-14-6-3-7-15-29)42-39(44)37(24-28-12-4-2-5-13-28)43-41(46)49-27-36-34-18-10-8-16-32(34)33-17-9-11-19-35(33)36/h2-23,36-38H,24-27H2,1H3,(H,42,44)(H,43,46)/t37-,38-/m0/s1. The molecule has 8 heteroatoms. The van der Waals surface area contributed by atoms with Crippen LogP contribution in [0.25, 0.3) is 11.1 Å². The molecule has 1 aliphatic carbocycles. The third-order valence-corrected chi connectivity index (χ3v) is 8.66. The fourth-order valence-corrected chi connectivity index (χ4v) is 6.13. The number of fused-ring (bicyclic) bond motifs is 3. The zero-order valence-electron chi connectivity index (χ0n) is 27.2. The lowest BCUT2D eigenvalue weighted by Crippen LogP contribution is -2.53. The van der Waals surface area contributed by atoms with Gasteiger partial charge in [0.1, 0.15) is 31.0 Å². The van der Waals surface area contributed by atoms with Crippen molar-refractivity contribution in [2.75, 3.05) is 13.7 Å². The predicted octanol–water partition coefficient (Wildman–Crippen LogP) is 6.62. The summed E-state index contributed by atoms with van der Waals surface area (Å²) in [6.45, 7) is 0.128. The van der Waals surface area contributed by atoms with Gasteiger partial charge in [-0.3, -0.25) is 4.79 Å². The summed E-state index contributed by atoms with van der Waals surface area (Å²) in [7, 11) is 1.58. The highest BCUT2D eigenvalue weighted by Gasteiger charge is 2.31. The number of nitrogens with one attached hydrogen (secondary N) is 2. The Labute approximate surface area is 286 Å². The van der Waals surface area contributed by atoms with Crippen molar-refractivity contribution in [3.8, 4) is 16.9 Å². The zero-order chi connectivity index (χ0) is 34.0. The Balaban J connectivity index is 1.16. The molecular formula is C41H38N2O6. The molecule has 1 aliphatic rings. The molecule has 0 fully saturated rings. The molecule has 0 aromatic heterocycles. The maximum absolute atomic E-state index is 13.9. The summed E-state index contributed by atoms with van der Waals surface area (Å²) in [6.07, 6.45) is -0.327. The van der Waals surface area contributed by atoms with Crippen molar-refractivity contribution < 1.29 is 28.6 Å². The smallest absolute Gasteiger partial charge is 0.407 e. The summed E-state index contributed by atoms with van der Waals surface area (Å²) in [5.74, 6) is -0.555. The average Bonchev–Trinajstić information content (AvgIpc) is 3.47. The second-order valence-electron chi connectivity index (χ2n) is 11.9. The fourth-order valence-electron chi connectivity index (χ4n) is 6.13. The van der Waals surface area contributed by atoms with E-state index in [1.807, 2.05) is 109 Å². The fraction of sp³-hybridized carbons (Fsp3) is 0.195. The molecule has 0 aliphatic heterocycles. The third kappa shape index (κ3) is 8.34. The van der Waals surface area contributed by atoms with Crippen LogP contribution in [0.3, 0.4) is 0 Å². The van der Waals surface area contributed by atoms with Crippen LogP contribution in [0.5, 0.6) is 5.75 Å². The molecule has 0 saturated heterocycles. The van der Waals surface area contributed by atoms with Crippen LogP contribution in [0.15, 0.2) is 133 Å². The first-order valence-corrected chi connectivity index (χ1v) is 16.3. The van der Waals surface area contributed by atoms with Gasteiger partial charge in [0.2, 0.25) is 5.91 Å². The second-order valence-corrected chi connectivity index (χ2v) is 11.9. The Morgan fingerprint density at radius 2 is 1.12 bits per heavy atom. The molecule has 0 heterocycles. The minimum absolute atomic E-state index is 0.0232. The predicted molar refractivity (Wildman–Crippen MR) is 187 cm³/mol. The van der Waals surface area contributed by atoms with Crippen molar-refractivity contribution in [2.24, 2.45) is 0 Å². The Hall–Kier alpha value is -5.89. The lowest BCUT2D eigenvalue weighted by atomic mass is 9.98. The maximum Gasteiger partial charge on any atom is 0.407 e. The number of carbonyl (C=O) groups is 3. The van der Waals surface area contributed by atoms with Crippen LogP contribution in [0.2, 0.25) is 0 Å². The maximum atomic E-state index is 13.9. The highest BCUT2D eigenvalue weighted by atomic mass is 16.5. The summed E-state index contributed by atoms with van der Waals surface area (Å²) >= 11 is 0. The SMILES string of the molecule is COc1ccc(COC(=O)[C@H](Cc2ccccc2)NC(=O)[C@H](Cc2ccccc2)NC(=O)OCC2c3ccccc3-c3ccccc32)cc1. The van der Waals surface area contributed by atoms with E-state index >= 15 is 0 Å². The Morgan fingerprint density at radius 1 is 0.592 bits per heavy atom. The summed E-state index contributed by atoms with van der Waals surface area (Å²) in [6, 6.07) is 40.1. The molecule has 8 nitrogen and oxygen atoms in total. The van der Waals surface area contributed by atoms with Gasteiger partial charge in [0.15, 0.2) is 0 Å². The first kappa shape index (κ1) is 33.0. The third-order valence-electron chi connectivity index (χ3n) is 8.66. The molecule has 2 atom stereocenters. The lowest BCUT2D eigenvalue weighted by molar-refractivity contribution is -0.149. The molecule has 5 aromatic carbocycles. The number of ether oxygens (including phenoxy) is 3. The summed E-state index contributed by atoms with van der Waals surface area (Å²) < 4.78 is 16.7. The topological polar surface area (TPSA) is 103 Å². The number of hydrogen-bond acceptors (Lipinski definition) is 6. The number of benzene rings is 5. The summed E-state index contributed by atoms with van der Waals surface area (Å²) in [5.41, 5.74) is 6.88. The molecule has 0 saturated carbocycles. The van der Waals surface area contributed by atoms with E-state index in [1.165, 1.54) is 0 Å². The van der Waals surface area contributed by atoms with E-state index in [-0.39, 0.29) is 32.0 Å². The molecule has 0 bridgehead atoms. The molecule has 0 spiro atoms. The van der Waals surface area contributed by atoms with Gasteiger partial charge in [0.05, 0.1) is 7.11 Å². The Morgan fingerprint density at radius 3 is 1.69 bits per heavy atom. The van der Waals surface area contributed by atoms with Crippen LogP contribution in [-0.4, -0.2) is 43.8 Å². The molecule has 6 rings (SSSR count). The number of alkyl carbamates (subject to hydrolysis) is 1. The van der Waals surface area contributed by atoms with E-state index < -0.39 is 30.1 Å². The van der Waals surface area contributed by atoms with Crippen LogP contribution in [-0.2, 0) is 38.5 Å². The van der Waals surface area contributed by atoms with Crippen molar-refractivity contribution in [3.05, 3.63) is 161 Å². The number of methoxy groups -OCH3 is 1. The van der Waals surface area contributed by atoms with Gasteiger partial charge in [-0.2, -0.15) is 0 Å². The van der Waals surface area contributed by atoms with Crippen LogP contribution >= 0.6 is 0 Å². The molecule has 2 N–H and O–H groups in total. The van der Waals surface area contributed by atoms with Crippen molar-refractivity contribution in [1.29, 1.82) is 0 Å². The minimum Gasteiger partial charge on any atom is -0.497 e. The van der Waals surface area contributed by atoms with Crippen LogP contribution in [0.4, 0.5) is 4.79 Å². The molecule has 49 heavy (non-hydrogen) atoms. The van der Waals surface area contributed by atoms with Gasteiger partial charge in [-0.25, -0.2) is 9.59 Å². The minimum atomic E-state index is -1.02.